The Balaban J connectivity index is 2.01. The highest BCUT2D eigenvalue weighted by Crippen LogP contribution is 2.21. The summed E-state index contributed by atoms with van der Waals surface area (Å²) in [7, 11) is 1.73. The van der Waals surface area contributed by atoms with E-state index in [1.54, 1.807) is 7.11 Å². The maximum absolute atomic E-state index is 5.28. The Hall–Kier alpha value is -1.51. The molecular weight excluding hydrogens is 252 g/mol. The van der Waals surface area contributed by atoms with Crippen LogP contribution < -0.4 is 0 Å². The number of ether oxygens (including phenoxy) is 1. The molecule has 2 rings (SSSR count). The lowest BCUT2D eigenvalue weighted by atomic mass is 10.1. The summed E-state index contributed by atoms with van der Waals surface area (Å²) in [6.45, 7) is 0.645. The second-order valence-corrected chi connectivity index (χ2v) is 5.10. The zero-order chi connectivity index (χ0) is 13.3. The lowest BCUT2D eigenvalue weighted by Crippen LogP contribution is -1.93. The minimum absolute atomic E-state index is 0.645. The van der Waals surface area contributed by atoms with Crippen LogP contribution in [0.15, 0.2) is 66.1 Å². The largest absolute Gasteiger partial charge is 0.380 e. The van der Waals surface area contributed by atoms with Crippen molar-refractivity contribution in [2.45, 2.75) is 5.75 Å². The van der Waals surface area contributed by atoms with Crippen molar-refractivity contribution in [1.29, 1.82) is 0 Å². The van der Waals surface area contributed by atoms with Gasteiger partial charge >= 0.3 is 0 Å². The van der Waals surface area contributed by atoms with Crippen LogP contribution >= 0.6 is 11.8 Å². The first-order valence-electron chi connectivity index (χ1n) is 6.29. The summed E-state index contributed by atoms with van der Waals surface area (Å²) in [6, 6.07) is 20.9. The Morgan fingerprint density at radius 1 is 1.00 bits per heavy atom. The van der Waals surface area contributed by atoms with Gasteiger partial charge in [0.15, 0.2) is 0 Å². The van der Waals surface area contributed by atoms with Crippen LogP contribution in [0.5, 0.6) is 0 Å². The van der Waals surface area contributed by atoms with E-state index in [1.807, 2.05) is 23.9 Å². The van der Waals surface area contributed by atoms with Crippen LogP contribution in [0.2, 0.25) is 0 Å². The first kappa shape index (κ1) is 13.9. The van der Waals surface area contributed by atoms with Crippen LogP contribution in [0.3, 0.4) is 0 Å². The second kappa shape index (κ2) is 7.82. The molecule has 0 aromatic heterocycles. The molecule has 0 unspecified atom stereocenters. The monoisotopic (exact) mass is 270 g/mol. The van der Waals surface area contributed by atoms with Crippen LogP contribution in [0.1, 0.15) is 11.1 Å². The molecule has 0 spiro atoms. The molecular formula is C17H18OS. The van der Waals surface area contributed by atoms with E-state index in [-0.39, 0.29) is 0 Å². The van der Waals surface area contributed by atoms with Gasteiger partial charge in [-0.25, -0.2) is 0 Å². The number of methoxy groups -OCH3 is 1. The van der Waals surface area contributed by atoms with Crippen LogP contribution in [0.4, 0.5) is 0 Å². The van der Waals surface area contributed by atoms with Crippen molar-refractivity contribution in [3.05, 3.63) is 77.2 Å². The molecule has 0 amide bonds. The van der Waals surface area contributed by atoms with Gasteiger partial charge in [-0.2, -0.15) is 0 Å². The molecule has 0 heterocycles. The molecule has 0 N–H and O–H groups in total. The van der Waals surface area contributed by atoms with E-state index in [0.29, 0.717) is 6.61 Å². The Kier molecular flexibility index (Phi) is 5.73. The van der Waals surface area contributed by atoms with Gasteiger partial charge in [0.2, 0.25) is 0 Å². The van der Waals surface area contributed by atoms with E-state index in [1.165, 1.54) is 16.7 Å². The van der Waals surface area contributed by atoms with E-state index in [0.717, 1.165) is 5.75 Å². The molecule has 0 aliphatic carbocycles. The van der Waals surface area contributed by atoms with Gasteiger partial charge < -0.3 is 4.74 Å². The predicted molar refractivity (Wildman–Crippen MR) is 84.0 cm³/mol. The van der Waals surface area contributed by atoms with Crippen LogP contribution in [0, 0.1) is 0 Å². The lowest BCUT2D eigenvalue weighted by Gasteiger charge is -2.06. The van der Waals surface area contributed by atoms with Crippen LogP contribution in [-0.2, 0) is 10.5 Å². The van der Waals surface area contributed by atoms with E-state index >= 15 is 0 Å². The summed E-state index contributed by atoms with van der Waals surface area (Å²) in [5.74, 6) is 0.987. The van der Waals surface area contributed by atoms with Crippen molar-refractivity contribution < 1.29 is 4.74 Å². The minimum Gasteiger partial charge on any atom is -0.380 e. The third-order valence-corrected chi connectivity index (χ3v) is 3.71. The van der Waals surface area contributed by atoms with Crippen molar-refractivity contribution in [2.75, 3.05) is 13.7 Å². The van der Waals surface area contributed by atoms with Crippen LogP contribution in [0.25, 0.3) is 5.57 Å². The van der Waals surface area contributed by atoms with Gasteiger partial charge in [0.25, 0.3) is 0 Å². The average molecular weight is 270 g/mol. The zero-order valence-corrected chi connectivity index (χ0v) is 11.9. The van der Waals surface area contributed by atoms with E-state index < -0.39 is 0 Å². The van der Waals surface area contributed by atoms with Gasteiger partial charge in [0, 0.05) is 12.9 Å². The number of thioether (sulfide) groups is 1. The summed E-state index contributed by atoms with van der Waals surface area (Å²) in [5.41, 5.74) is 3.79. The highest BCUT2D eigenvalue weighted by Gasteiger charge is 2.00. The molecule has 0 aliphatic rings. The van der Waals surface area contributed by atoms with Gasteiger partial charge in [0.05, 0.1) is 6.61 Å². The predicted octanol–water partition coefficient (Wildman–Crippen LogP) is 4.61. The van der Waals surface area contributed by atoms with Crippen molar-refractivity contribution in [1.82, 2.24) is 0 Å². The SMILES string of the molecule is COC/C(=C\SCc1ccccc1)c1ccccc1. The molecule has 19 heavy (non-hydrogen) atoms. The molecule has 2 aromatic carbocycles. The minimum atomic E-state index is 0.645. The summed E-state index contributed by atoms with van der Waals surface area (Å²) < 4.78 is 5.28. The number of hydrogen-bond donors (Lipinski definition) is 0. The summed E-state index contributed by atoms with van der Waals surface area (Å²) in [4.78, 5) is 0. The van der Waals surface area contributed by atoms with Gasteiger partial charge in [-0.05, 0) is 22.1 Å². The molecule has 2 heteroatoms. The summed E-state index contributed by atoms with van der Waals surface area (Å²) >= 11 is 1.81. The molecule has 0 bridgehead atoms. The first-order chi connectivity index (χ1) is 9.40. The fraction of sp³-hybridized carbons (Fsp3) is 0.176. The summed E-state index contributed by atoms with van der Waals surface area (Å²) in [6.07, 6.45) is 0. The Labute approximate surface area is 119 Å². The van der Waals surface area contributed by atoms with Crippen molar-refractivity contribution in [2.24, 2.45) is 0 Å². The normalized spacial score (nSPS) is 11.5. The third kappa shape index (κ3) is 4.58. The molecule has 1 nitrogen and oxygen atoms in total. The number of benzene rings is 2. The van der Waals surface area contributed by atoms with Gasteiger partial charge in [-0.15, -0.1) is 11.8 Å². The molecule has 0 atom stereocenters. The highest BCUT2D eigenvalue weighted by atomic mass is 32.2. The molecule has 0 fully saturated rings. The quantitative estimate of drug-likeness (QED) is 0.758. The topological polar surface area (TPSA) is 9.23 Å². The van der Waals surface area contributed by atoms with E-state index in [4.69, 9.17) is 4.74 Å². The maximum atomic E-state index is 5.28. The zero-order valence-electron chi connectivity index (χ0n) is 11.1. The average Bonchev–Trinajstić information content (AvgIpc) is 2.48. The summed E-state index contributed by atoms with van der Waals surface area (Å²) in [5, 5.41) is 2.20. The highest BCUT2D eigenvalue weighted by molar-refractivity contribution is 8.01. The lowest BCUT2D eigenvalue weighted by molar-refractivity contribution is 0.240. The first-order valence-corrected chi connectivity index (χ1v) is 7.34. The van der Waals surface area contributed by atoms with Crippen molar-refractivity contribution >= 4 is 17.3 Å². The van der Waals surface area contributed by atoms with Crippen molar-refractivity contribution in [3.63, 3.8) is 0 Å². The molecule has 98 valence electrons. The molecule has 0 aliphatic heterocycles. The molecule has 0 radical (unpaired) electrons. The molecule has 0 saturated carbocycles. The fourth-order valence-electron chi connectivity index (χ4n) is 1.81. The number of rotatable bonds is 6. The fourth-order valence-corrected chi connectivity index (χ4v) is 2.68. The van der Waals surface area contributed by atoms with Gasteiger partial charge in [0.1, 0.15) is 0 Å². The van der Waals surface area contributed by atoms with Gasteiger partial charge in [-0.3, -0.25) is 0 Å². The maximum Gasteiger partial charge on any atom is 0.0723 e. The Morgan fingerprint density at radius 3 is 2.26 bits per heavy atom. The third-order valence-electron chi connectivity index (χ3n) is 2.76. The molecule has 2 aromatic rings. The van der Waals surface area contributed by atoms with E-state index in [9.17, 15) is 0 Å². The number of hydrogen-bond acceptors (Lipinski definition) is 2. The van der Waals surface area contributed by atoms with E-state index in [2.05, 4.69) is 53.9 Å². The smallest absolute Gasteiger partial charge is 0.0723 e. The standard InChI is InChI=1S/C17H18OS/c1-18-12-17(16-10-6-3-7-11-16)14-19-13-15-8-4-2-5-9-15/h2-11,14H,12-13H2,1H3/b17-14+. The Bertz CT molecular complexity index is 505. The second-order valence-electron chi connectivity index (χ2n) is 4.24. The van der Waals surface area contributed by atoms with Crippen LogP contribution in [-0.4, -0.2) is 13.7 Å². The van der Waals surface area contributed by atoms with Gasteiger partial charge in [-0.1, -0.05) is 60.7 Å². The molecule has 0 saturated heterocycles. The Morgan fingerprint density at radius 2 is 1.63 bits per heavy atom. The van der Waals surface area contributed by atoms with Crippen molar-refractivity contribution in [3.8, 4) is 0 Å².